The van der Waals surface area contributed by atoms with E-state index in [4.69, 9.17) is 9.47 Å². The van der Waals surface area contributed by atoms with E-state index in [9.17, 15) is 14.7 Å². The van der Waals surface area contributed by atoms with Crippen molar-refractivity contribution in [2.75, 3.05) is 44.8 Å². The van der Waals surface area contributed by atoms with Gasteiger partial charge in [0, 0.05) is 74.5 Å². The second-order valence-electron chi connectivity index (χ2n) is 15.0. The van der Waals surface area contributed by atoms with Crippen molar-refractivity contribution in [3.05, 3.63) is 136 Å². The first-order valence-electron chi connectivity index (χ1n) is 19.1. The van der Waals surface area contributed by atoms with Crippen molar-refractivity contribution in [3.8, 4) is 22.8 Å². The highest BCUT2D eigenvalue weighted by Gasteiger charge is 2.66. The zero-order valence-corrected chi connectivity index (χ0v) is 32.5. The third-order valence-corrected chi connectivity index (χ3v) is 11.5. The number of aromatic nitrogens is 1. The number of hydrogen-bond donors (Lipinski definition) is 1. The molecule has 0 radical (unpaired) electrons. The maximum atomic E-state index is 16.5. The highest BCUT2D eigenvalue weighted by Crippen LogP contribution is 2.55. The molecule has 4 aromatic carbocycles. The molecule has 0 bridgehead atoms. The van der Waals surface area contributed by atoms with E-state index < -0.39 is 52.1 Å². The first-order chi connectivity index (χ1) is 28.2. The lowest BCUT2D eigenvalue weighted by Gasteiger charge is -2.40. The molecule has 1 N–H and O–H groups in total. The number of halogens is 4. The van der Waals surface area contributed by atoms with Gasteiger partial charge < -0.3 is 28.9 Å². The van der Waals surface area contributed by atoms with Crippen molar-refractivity contribution in [2.24, 2.45) is 7.05 Å². The number of fused-ring (bicyclic) bond motifs is 2. The summed E-state index contributed by atoms with van der Waals surface area (Å²) >= 11 is 0. The van der Waals surface area contributed by atoms with E-state index in [-0.39, 0.29) is 40.4 Å². The number of anilines is 1. The number of rotatable bonds is 7. The molecular formula is C44H41F4N5O6. The number of aromatic hydroxyl groups is 1. The Morgan fingerprint density at radius 2 is 1.47 bits per heavy atom. The predicted molar refractivity (Wildman–Crippen MR) is 210 cm³/mol. The molecule has 1 saturated heterocycles. The lowest BCUT2D eigenvalue weighted by Crippen LogP contribution is -2.52. The summed E-state index contributed by atoms with van der Waals surface area (Å²) in [6.45, 7) is 4.47. The van der Waals surface area contributed by atoms with Crippen LogP contribution in [0.25, 0.3) is 11.3 Å². The number of amides is 3. The van der Waals surface area contributed by atoms with Gasteiger partial charge in [0.05, 0.1) is 29.9 Å². The normalized spacial score (nSPS) is 18.3. The molecule has 0 unspecified atom stereocenters. The van der Waals surface area contributed by atoms with Gasteiger partial charge in [-0.15, -0.1) is 0 Å². The zero-order chi connectivity index (χ0) is 41.8. The maximum Gasteiger partial charge on any atom is 0.425 e. The molecule has 1 aromatic heterocycles. The summed E-state index contributed by atoms with van der Waals surface area (Å²) in [7, 11) is 3.11. The van der Waals surface area contributed by atoms with Crippen LogP contribution >= 0.6 is 0 Å². The second-order valence-corrected chi connectivity index (χ2v) is 15.0. The van der Waals surface area contributed by atoms with Crippen molar-refractivity contribution in [3.63, 3.8) is 0 Å². The minimum atomic E-state index is -4.61. The SMILES string of the molecule is Cc1c(C(=O)N(C)c2ccc(O)cc2)cc(-c2cc3c(cc2C(=O)N2Cc4ccccc4C[C@H]2CN2CCOCC2)C(F)(F)N(C(=O)Oc2ccccc2)C3(F)F)n1C. The predicted octanol–water partition coefficient (Wildman–Crippen LogP) is 7.50. The van der Waals surface area contributed by atoms with Crippen LogP contribution in [0, 0.1) is 6.92 Å². The lowest BCUT2D eigenvalue weighted by molar-refractivity contribution is -0.240. The summed E-state index contributed by atoms with van der Waals surface area (Å²) in [4.78, 5) is 46.6. The van der Waals surface area contributed by atoms with Gasteiger partial charge in [-0.2, -0.15) is 22.5 Å². The van der Waals surface area contributed by atoms with Crippen LogP contribution in [0.4, 0.5) is 28.0 Å². The maximum absolute atomic E-state index is 16.5. The van der Waals surface area contributed by atoms with Crippen molar-refractivity contribution in [2.45, 2.75) is 38.0 Å². The van der Waals surface area contributed by atoms with E-state index in [2.05, 4.69) is 4.90 Å². The number of para-hydroxylation sites is 1. The molecule has 4 heterocycles. The number of ether oxygens (including phenoxy) is 2. The number of phenolic OH excluding ortho intramolecular Hbond substituents is 1. The minimum Gasteiger partial charge on any atom is -0.508 e. The van der Waals surface area contributed by atoms with E-state index >= 15 is 22.4 Å². The number of hydrogen-bond acceptors (Lipinski definition) is 7. The molecule has 1 atom stereocenters. The fourth-order valence-corrected chi connectivity index (χ4v) is 8.14. The summed E-state index contributed by atoms with van der Waals surface area (Å²) in [5, 5.41) is 9.79. The van der Waals surface area contributed by atoms with Crippen LogP contribution in [-0.4, -0.2) is 88.2 Å². The molecule has 3 amide bonds. The molecule has 11 nitrogen and oxygen atoms in total. The van der Waals surface area contributed by atoms with Gasteiger partial charge in [-0.05, 0) is 79.1 Å². The van der Waals surface area contributed by atoms with E-state index in [1.807, 2.05) is 24.3 Å². The topological polar surface area (TPSA) is 108 Å². The van der Waals surface area contributed by atoms with Crippen molar-refractivity contribution < 1.29 is 46.5 Å². The van der Waals surface area contributed by atoms with E-state index in [1.54, 1.807) is 41.6 Å². The molecule has 1 fully saturated rings. The Morgan fingerprint density at radius 3 is 2.15 bits per heavy atom. The largest absolute Gasteiger partial charge is 0.508 e. The molecule has 306 valence electrons. The molecule has 59 heavy (non-hydrogen) atoms. The molecule has 0 saturated carbocycles. The smallest absolute Gasteiger partial charge is 0.425 e. The summed E-state index contributed by atoms with van der Waals surface area (Å²) in [5.41, 5.74) is 0.149. The summed E-state index contributed by atoms with van der Waals surface area (Å²) in [6.07, 6.45) is -1.53. The molecule has 5 aromatic rings. The Labute approximate surface area is 337 Å². The summed E-state index contributed by atoms with van der Waals surface area (Å²) in [6, 6.07) is 14.0. The first-order valence-corrected chi connectivity index (χ1v) is 19.1. The highest BCUT2D eigenvalue weighted by atomic mass is 19.3. The van der Waals surface area contributed by atoms with Crippen molar-refractivity contribution in [1.29, 1.82) is 0 Å². The second kappa shape index (κ2) is 15.2. The number of carbonyl (C=O) groups is 3. The molecule has 3 aliphatic heterocycles. The van der Waals surface area contributed by atoms with Gasteiger partial charge in [0.1, 0.15) is 11.5 Å². The Bertz CT molecular complexity index is 2430. The zero-order valence-electron chi connectivity index (χ0n) is 32.5. The molecule has 0 spiro atoms. The quantitative estimate of drug-likeness (QED) is 0.134. The molecule has 3 aliphatic rings. The monoisotopic (exact) mass is 811 g/mol. The van der Waals surface area contributed by atoms with Gasteiger partial charge in [-0.25, -0.2) is 4.79 Å². The van der Waals surface area contributed by atoms with Crippen molar-refractivity contribution >= 4 is 23.6 Å². The Balaban J connectivity index is 1.27. The summed E-state index contributed by atoms with van der Waals surface area (Å²) in [5.74, 6) is -1.40. The van der Waals surface area contributed by atoms with Crippen molar-refractivity contribution in [1.82, 2.24) is 19.3 Å². The standard InChI is InChI=1S/C44H41F4N5O6/c1-27-34(40(55)50(3)30-13-15-32(54)16-14-30)24-39(49(27)2)35-22-37-38(44(47,48)53(43(37,45)46)42(57)59-33-11-5-4-6-12-33)23-36(35)41(56)52-25-29-10-8-7-9-28(29)21-31(52)26-51-17-19-58-20-18-51/h4-16,22-24,31,54H,17-21,25-26H2,1-3H3/t31-/m0/s1. The van der Waals surface area contributed by atoms with Crippen LogP contribution in [-0.2, 0) is 36.8 Å². The number of alkyl halides is 4. The third-order valence-electron chi connectivity index (χ3n) is 11.5. The van der Waals surface area contributed by atoms with Gasteiger partial charge in [0.15, 0.2) is 0 Å². The van der Waals surface area contributed by atoms with Crippen LogP contribution in [0.2, 0.25) is 0 Å². The third kappa shape index (κ3) is 7.07. The van der Waals surface area contributed by atoms with Crippen LogP contribution in [0.1, 0.15) is 48.7 Å². The van der Waals surface area contributed by atoms with Gasteiger partial charge in [-0.3, -0.25) is 14.5 Å². The van der Waals surface area contributed by atoms with Crippen LogP contribution in [0.3, 0.4) is 0 Å². The highest BCUT2D eigenvalue weighted by molar-refractivity contribution is 6.08. The fraction of sp³-hybridized carbons (Fsp3) is 0.295. The van der Waals surface area contributed by atoms with E-state index in [0.29, 0.717) is 50.7 Å². The molecule has 0 aliphatic carbocycles. The number of nitrogens with zero attached hydrogens (tertiary/aromatic N) is 5. The van der Waals surface area contributed by atoms with Crippen LogP contribution < -0.4 is 9.64 Å². The van der Waals surface area contributed by atoms with Gasteiger partial charge in [0.2, 0.25) is 0 Å². The van der Waals surface area contributed by atoms with Gasteiger partial charge >= 0.3 is 18.2 Å². The molecule has 15 heteroatoms. The molecular weight excluding hydrogens is 771 g/mol. The number of carbonyl (C=O) groups excluding carboxylic acids is 3. The number of morpholine rings is 1. The molecule has 8 rings (SSSR count). The average Bonchev–Trinajstić information content (AvgIpc) is 3.60. The Kier molecular flexibility index (Phi) is 10.2. The van der Waals surface area contributed by atoms with Crippen LogP contribution in [0.15, 0.2) is 97.1 Å². The average molecular weight is 812 g/mol. The van der Waals surface area contributed by atoms with E-state index in [0.717, 1.165) is 23.3 Å². The van der Waals surface area contributed by atoms with Gasteiger partial charge in [0.25, 0.3) is 11.8 Å². The lowest BCUT2D eigenvalue weighted by atomic mass is 9.90. The fourth-order valence-electron chi connectivity index (χ4n) is 8.14. The summed E-state index contributed by atoms with van der Waals surface area (Å²) < 4.78 is 78.1. The van der Waals surface area contributed by atoms with Crippen LogP contribution in [0.5, 0.6) is 11.5 Å². The van der Waals surface area contributed by atoms with Gasteiger partial charge in [-0.1, -0.05) is 42.5 Å². The minimum absolute atomic E-state index is 0.000217. The van der Waals surface area contributed by atoms with E-state index in [1.165, 1.54) is 54.4 Å². The Morgan fingerprint density at radius 1 is 0.847 bits per heavy atom. The number of phenols is 1. The number of benzene rings is 4. The Hall–Kier alpha value is -6.19. The first kappa shape index (κ1) is 39.6.